The number of ether oxygens (including phenoxy) is 3. The molecular formula is C20H26BrN3O5. The normalized spacial score (nSPS) is 12.2. The summed E-state index contributed by atoms with van der Waals surface area (Å²) in [7, 11) is 1.31. The number of rotatable bonds is 7. The topological polar surface area (TPSA) is 91.7 Å². The van der Waals surface area contributed by atoms with Crippen LogP contribution in [0, 0.1) is 0 Å². The van der Waals surface area contributed by atoms with Crippen molar-refractivity contribution in [2.45, 2.75) is 45.9 Å². The lowest BCUT2D eigenvalue weighted by molar-refractivity contribution is 0.0492. The third-order valence-electron chi connectivity index (χ3n) is 3.65. The fraction of sp³-hybridized carbons (Fsp3) is 0.450. The summed E-state index contributed by atoms with van der Waals surface area (Å²) in [5.74, 6) is -0.297. The Morgan fingerprint density at radius 2 is 1.90 bits per heavy atom. The van der Waals surface area contributed by atoms with E-state index in [-0.39, 0.29) is 24.2 Å². The molecule has 0 spiro atoms. The first-order chi connectivity index (χ1) is 13.6. The summed E-state index contributed by atoms with van der Waals surface area (Å²) in [5.41, 5.74) is 0.637. The Bertz CT molecular complexity index is 846. The highest BCUT2D eigenvalue weighted by molar-refractivity contribution is 9.10. The number of nitrogens with one attached hydrogen (secondary N) is 1. The Morgan fingerprint density at radius 3 is 2.48 bits per heavy atom. The molecule has 0 unspecified atom stereocenters. The van der Waals surface area contributed by atoms with Crippen LogP contribution in [0.3, 0.4) is 0 Å². The second-order valence-corrected chi connectivity index (χ2v) is 8.25. The molecule has 9 heteroatoms. The molecule has 0 saturated heterocycles. The van der Waals surface area contributed by atoms with Crippen molar-refractivity contribution in [3.8, 4) is 5.88 Å². The molecule has 158 valence electrons. The second-order valence-electron chi connectivity index (χ2n) is 7.46. The quantitative estimate of drug-likeness (QED) is 0.623. The molecule has 1 atom stereocenters. The molecule has 0 aliphatic heterocycles. The summed E-state index contributed by atoms with van der Waals surface area (Å²) in [4.78, 5) is 24.1. The molecule has 1 amide bonds. The van der Waals surface area contributed by atoms with Crippen molar-refractivity contribution in [1.82, 2.24) is 15.1 Å². The average Bonchev–Trinajstić information content (AvgIpc) is 2.93. The smallest absolute Gasteiger partial charge is 0.407 e. The minimum atomic E-state index is -0.584. The van der Waals surface area contributed by atoms with Crippen LogP contribution in [0.15, 0.2) is 34.8 Å². The number of carbonyl (C=O) groups excluding carboxylic acids is 2. The Hall–Kier alpha value is -2.55. The van der Waals surface area contributed by atoms with Gasteiger partial charge in [0.1, 0.15) is 16.7 Å². The first-order valence-corrected chi connectivity index (χ1v) is 9.91. The maximum Gasteiger partial charge on any atom is 0.407 e. The van der Waals surface area contributed by atoms with E-state index in [0.717, 1.165) is 5.56 Å². The molecule has 2 aromatic rings. The number of benzene rings is 1. The summed E-state index contributed by atoms with van der Waals surface area (Å²) >= 11 is 3.38. The second kappa shape index (κ2) is 9.78. The van der Waals surface area contributed by atoms with Gasteiger partial charge in [0, 0.05) is 0 Å². The summed E-state index contributed by atoms with van der Waals surface area (Å²) in [6.07, 6.45) is -0.530. The van der Waals surface area contributed by atoms with Gasteiger partial charge >= 0.3 is 12.1 Å². The molecule has 1 aromatic carbocycles. The molecule has 0 bridgehead atoms. The van der Waals surface area contributed by atoms with Gasteiger partial charge in [0.25, 0.3) is 0 Å². The van der Waals surface area contributed by atoms with E-state index in [1.165, 1.54) is 11.8 Å². The van der Waals surface area contributed by atoms with Gasteiger partial charge in [-0.1, -0.05) is 30.3 Å². The standard InChI is InChI=1S/C20H26BrN3O5/c1-13(22-19(26)29-20(2,3)4)12-28-17-15(21)16(18(25)27-5)24(23-17)11-14-9-7-6-8-10-14/h6-10,13H,11-12H2,1-5H3,(H,22,26)/t13-/m0/s1. The zero-order chi connectivity index (χ0) is 21.6. The summed E-state index contributed by atoms with van der Waals surface area (Å²) < 4.78 is 17.7. The Morgan fingerprint density at radius 1 is 1.24 bits per heavy atom. The van der Waals surface area contributed by atoms with Gasteiger partial charge in [0.2, 0.25) is 5.88 Å². The van der Waals surface area contributed by atoms with Crippen LogP contribution >= 0.6 is 15.9 Å². The summed E-state index contributed by atoms with van der Waals surface area (Å²) in [5, 5.41) is 7.08. The Kier molecular flexibility index (Phi) is 7.66. The van der Waals surface area contributed by atoms with Crippen LogP contribution in [0.2, 0.25) is 0 Å². The third-order valence-corrected chi connectivity index (χ3v) is 4.37. The van der Waals surface area contributed by atoms with Gasteiger partial charge in [-0.3, -0.25) is 0 Å². The maximum atomic E-state index is 12.2. The molecule has 1 N–H and O–H groups in total. The maximum absolute atomic E-state index is 12.2. The SMILES string of the molecule is COC(=O)c1c(Br)c(OC[C@H](C)NC(=O)OC(C)(C)C)nn1Cc1ccccc1. The van der Waals surface area contributed by atoms with E-state index in [9.17, 15) is 9.59 Å². The lowest BCUT2D eigenvalue weighted by atomic mass is 10.2. The van der Waals surface area contributed by atoms with E-state index in [1.807, 2.05) is 30.3 Å². The number of amides is 1. The van der Waals surface area contributed by atoms with Crippen molar-refractivity contribution in [3.63, 3.8) is 0 Å². The van der Waals surface area contributed by atoms with Gasteiger partial charge < -0.3 is 19.5 Å². The number of alkyl carbamates (subject to hydrolysis) is 1. The fourth-order valence-electron chi connectivity index (χ4n) is 2.43. The first-order valence-electron chi connectivity index (χ1n) is 9.11. The molecule has 29 heavy (non-hydrogen) atoms. The summed E-state index contributed by atoms with van der Waals surface area (Å²) in [6, 6.07) is 9.27. The predicted octanol–water partition coefficient (Wildman–Crippen LogP) is 3.77. The van der Waals surface area contributed by atoms with E-state index in [0.29, 0.717) is 11.0 Å². The number of nitrogens with zero attached hydrogens (tertiary/aromatic N) is 2. The van der Waals surface area contributed by atoms with Crippen LogP contribution in [0.5, 0.6) is 5.88 Å². The zero-order valence-electron chi connectivity index (χ0n) is 17.2. The highest BCUT2D eigenvalue weighted by Gasteiger charge is 2.25. The minimum absolute atomic E-state index is 0.140. The first kappa shape index (κ1) is 22.7. The van der Waals surface area contributed by atoms with Crippen LogP contribution in [0.25, 0.3) is 0 Å². The number of esters is 1. The van der Waals surface area contributed by atoms with Crippen LogP contribution < -0.4 is 10.1 Å². The van der Waals surface area contributed by atoms with Crippen molar-refractivity contribution in [2.75, 3.05) is 13.7 Å². The van der Waals surface area contributed by atoms with Gasteiger partial charge in [-0.2, -0.15) is 0 Å². The van der Waals surface area contributed by atoms with Gasteiger partial charge in [-0.05, 0) is 49.2 Å². The zero-order valence-corrected chi connectivity index (χ0v) is 18.8. The van der Waals surface area contributed by atoms with Crippen molar-refractivity contribution < 1.29 is 23.8 Å². The van der Waals surface area contributed by atoms with Gasteiger partial charge in [0.15, 0.2) is 5.69 Å². The fourth-order valence-corrected chi connectivity index (χ4v) is 2.99. The van der Waals surface area contributed by atoms with E-state index in [1.54, 1.807) is 27.7 Å². The summed E-state index contributed by atoms with van der Waals surface area (Å²) in [6.45, 7) is 7.66. The molecule has 0 aliphatic carbocycles. The molecule has 0 saturated carbocycles. The van der Waals surface area contributed by atoms with Gasteiger partial charge in [0.05, 0.1) is 19.7 Å². The minimum Gasteiger partial charge on any atom is -0.474 e. The van der Waals surface area contributed by atoms with Crippen LogP contribution in [0.1, 0.15) is 43.7 Å². The van der Waals surface area contributed by atoms with Gasteiger partial charge in [-0.25, -0.2) is 14.3 Å². The van der Waals surface area contributed by atoms with Crippen LogP contribution in [-0.4, -0.2) is 47.2 Å². The number of halogens is 1. The molecule has 0 radical (unpaired) electrons. The molecule has 0 aliphatic rings. The monoisotopic (exact) mass is 467 g/mol. The van der Waals surface area contributed by atoms with Crippen LogP contribution in [-0.2, 0) is 16.0 Å². The molecular weight excluding hydrogens is 442 g/mol. The number of hydrogen-bond acceptors (Lipinski definition) is 6. The highest BCUT2D eigenvalue weighted by atomic mass is 79.9. The van der Waals surface area contributed by atoms with E-state index in [2.05, 4.69) is 26.3 Å². The Balaban J connectivity index is 2.10. The van der Waals surface area contributed by atoms with Gasteiger partial charge in [-0.15, -0.1) is 5.10 Å². The van der Waals surface area contributed by atoms with E-state index in [4.69, 9.17) is 14.2 Å². The number of hydrogen-bond donors (Lipinski definition) is 1. The van der Waals surface area contributed by atoms with E-state index < -0.39 is 17.7 Å². The largest absolute Gasteiger partial charge is 0.474 e. The van der Waals surface area contributed by atoms with E-state index >= 15 is 0 Å². The molecule has 2 rings (SSSR count). The molecule has 1 heterocycles. The molecule has 8 nitrogen and oxygen atoms in total. The number of carbonyl (C=O) groups is 2. The number of aromatic nitrogens is 2. The van der Waals surface area contributed by atoms with Crippen molar-refractivity contribution in [1.29, 1.82) is 0 Å². The van der Waals surface area contributed by atoms with Crippen LogP contribution in [0.4, 0.5) is 4.79 Å². The van der Waals surface area contributed by atoms with Crippen molar-refractivity contribution >= 4 is 28.0 Å². The Labute approximate surface area is 178 Å². The lowest BCUT2D eigenvalue weighted by Crippen LogP contribution is -2.40. The molecule has 0 fully saturated rings. The number of methoxy groups -OCH3 is 1. The third kappa shape index (κ3) is 6.77. The lowest BCUT2D eigenvalue weighted by Gasteiger charge is -2.21. The predicted molar refractivity (Wildman–Crippen MR) is 111 cm³/mol. The molecule has 1 aromatic heterocycles. The highest BCUT2D eigenvalue weighted by Crippen LogP contribution is 2.29. The average molecular weight is 468 g/mol. The van der Waals surface area contributed by atoms with Crippen molar-refractivity contribution in [2.24, 2.45) is 0 Å². The van der Waals surface area contributed by atoms with Crippen molar-refractivity contribution in [3.05, 3.63) is 46.1 Å².